The van der Waals surface area contributed by atoms with Crippen LogP contribution in [0.1, 0.15) is 48.6 Å². The number of carbonyl (C=O) groups is 1. The Morgan fingerprint density at radius 2 is 1.85 bits per heavy atom. The lowest BCUT2D eigenvalue weighted by molar-refractivity contribution is -0.146. The van der Waals surface area contributed by atoms with Crippen molar-refractivity contribution in [3.05, 3.63) is 74.7 Å². The van der Waals surface area contributed by atoms with Crippen molar-refractivity contribution in [1.82, 2.24) is 4.98 Å². The quantitative estimate of drug-likeness (QED) is 0.143. The third kappa shape index (κ3) is 6.51. The average Bonchev–Trinajstić information content (AvgIpc) is 3.77. The molecule has 214 valence electrons. The normalized spacial score (nSPS) is 15.7. The highest BCUT2D eigenvalue weighted by molar-refractivity contribution is 14.1. The number of halogens is 5. The average molecular weight is 673 g/mol. The first-order valence-corrected chi connectivity index (χ1v) is 13.6. The Morgan fingerprint density at radius 1 is 1.12 bits per heavy atom. The van der Waals surface area contributed by atoms with E-state index in [1.54, 1.807) is 19.1 Å². The van der Waals surface area contributed by atoms with Crippen LogP contribution in [0.25, 0.3) is 11.3 Å². The van der Waals surface area contributed by atoms with Crippen LogP contribution in [0, 0.1) is 21.2 Å². The highest BCUT2D eigenvalue weighted by atomic mass is 127. The smallest absolute Gasteiger partial charge is 0.433 e. The zero-order chi connectivity index (χ0) is 29.2. The maximum absolute atomic E-state index is 14.5. The van der Waals surface area contributed by atoms with Gasteiger partial charge in [0.2, 0.25) is 0 Å². The minimum absolute atomic E-state index is 0.149. The molecule has 40 heavy (non-hydrogen) atoms. The van der Waals surface area contributed by atoms with Gasteiger partial charge in [0, 0.05) is 11.1 Å². The summed E-state index contributed by atoms with van der Waals surface area (Å²) in [6, 6.07) is 11.4. The summed E-state index contributed by atoms with van der Waals surface area (Å²) in [6.45, 7) is 1.01. The summed E-state index contributed by atoms with van der Waals surface area (Å²) in [5, 5.41) is 10.1. The highest BCUT2D eigenvalue weighted by Gasteiger charge is 2.40. The SMILES string of the molecule is COC(=O)C(C)C(c1ccc(I)c(O[C@@H](CO)c2ccc(-c3cc(OC)ccc3F)nc2C(F)(F)F)c1)C1CC1. The lowest BCUT2D eigenvalue weighted by atomic mass is 9.83. The number of carbonyl (C=O) groups excluding carboxylic acids is 1. The van der Waals surface area contributed by atoms with Crippen LogP contribution in [0.15, 0.2) is 48.5 Å². The molecule has 0 bridgehead atoms. The van der Waals surface area contributed by atoms with E-state index in [1.165, 1.54) is 32.4 Å². The summed E-state index contributed by atoms with van der Waals surface area (Å²) >= 11 is 2.00. The number of ether oxygens (including phenoxy) is 3. The number of pyridine rings is 1. The molecule has 4 rings (SSSR count). The van der Waals surface area contributed by atoms with Gasteiger partial charge in [-0.05, 0) is 89.2 Å². The van der Waals surface area contributed by atoms with Crippen LogP contribution < -0.4 is 9.47 Å². The second kappa shape index (κ2) is 12.3. The van der Waals surface area contributed by atoms with E-state index in [0.29, 0.717) is 3.57 Å². The van der Waals surface area contributed by atoms with Crippen LogP contribution in [0.2, 0.25) is 0 Å². The first-order chi connectivity index (χ1) is 19.0. The van der Waals surface area contributed by atoms with Crippen LogP contribution in [0.3, 0.4) is 0 Å². The van der Waals surface area contributed by atoms with Crippen LogP contribution in [-0.2, 0) is 15.7 Å². The van der Waals surface area contributed by atoms with Crippen molar-refractivity contribution in [1.29, 1.82) is 0 Å². The Hall–Kier alpha value is -2.93. The third-order valence-electron chi connectivity index (χ3n) is 7.01. The number of hydrogen-bond acceptors (Lipinski definition) is 6. The Bertz CT molecular complexity index is 1380. The second-order valence-electron chi connectivity index (χ2n) is 9.63. The predicted molar refractivity (Wildman–Crippen MR) is 147 cm³/mol. The molecule has 2 unspecified atom stereocenters. The number of benzene rings is 2. The van der Waals surface area contributed by atoms with Crippen LogP contribution in [0.5, 0.6) is 11.5 Å². The lowest BCUT2D eigenvalue weighted by Crippen LogP contribution is -2.23. The van der Waals surface area contributed by atoms with Gasteiger partial charge in [0.1, 0.15) is 23.4 Å². The number of rotatable bonds is 10. The molecule has 3 atom stereocenters. The minimum Gasteiger partial charge on any atom is -0.497 e. The topological polar surface area (TPSA) is 77.9 Å². The molecule has 1 N–H and O–H groups in total. The van der Waals surface area contributed by atoms with Gasteiger partial charge in [0.05, 0.1) is 36.0 Å². The molecule has 1 aliphatic rings. The van der Waals surface area contributed by atoms with Crippen molar-refractivity contribution in [2.75, 3.05) is 20.8 Å². The number of nitrogens with zero attached hydrogens (tertiary/aromatic N) is 1. The van der Waals surface area contributed by atoms with Gasteiger partial charge in [-0.25, -0.2) is 9.37 Å². The number of methoxy groups -OCH3 is 2. The van der Waals surface area contributed by atoms with Crippen LogP contribution in [0.4, 0.5) is 17.6 Å². The Kier molecular flexibility index (Phi) is 9.23. The molecule has 6 nitrogen and oxygen atoms in total. The van der Waals surface area contributed by atoms with Crippen molar-refractivity contribution in [3.8, 4) is 22.8 Å². The van der Waals surface area contributed by atoms with Gasteiger partial charge >= 0.3 is 12.1 Å². The van der Waals surface area contributed by atoms with E-state index in [1.807, 2.05) is 28.7 Å². The van der Waals surface area contributed by atoms with Crippen molar-refractivity contribution in [2.24, 2.45) is 11.8 Å². The molecule has 1 aliphatic carbocycles. The summed E-state index contributed by atoms with van der Waals surface area (Å²) in [4.78, 5) is 16.1. The van der Waals surface area contributed by atoms with Gasteiger partial charge < -0.3 is 19.3 Å². The van der Waals surface area contributed by atoms with Gasteiger partial charge in [0.25, 0.3) is 0 Å². The maximum atomic E-state index is 14.5. The molecule has 3 aromatic rings. The molecule has 0 amide bonds. The summed E-state index contributed by atoms with van der Waals surface area (Å²) in [5.41, 5.74) is -1.31. The van der Waals surface area contributed by atoms with E-state index in [-0.39, 0.29) is 40.6 Å². The van der Waals surface area contributed by atoms with Crippen molar-refractivity contribution >= 4 is 28.6 Å². The molecule has 1 saturated carbocycles. The number of esters is 1. The first kappa shape index (κ1) is 30.0. The monoisotopic (exact) mass is 673 g/mol. The Balaban J connectivity index is 1.72. The number of aliphatic hydroxyl groups excluding tert-OH is 1. The largest absolute Gasteiger partial charge is 0.497 e. The molecule has 0 aliphatic heterocycles. The zero-order valence-corrected chi connectivity index (χ0v) is 24.1. The van der Waals surface area contributed by atoms with E-state index in [4.69, 9.17) is 14.2 Å². The molecular formula is C29H28F4INO5. The van der Waals surface area contributed by atoms with Gasteiger partial charge in [0.15, 0.2) is 5.69 Å². The van der Waals surface area contributed by atoms with E-state index in [0.717, 1.165) is 30.5 Å². The lowest BCUT2D eigenvalue weighted by Gasteiger charge is -2.25. The van der Waals surface area contributed by atoms with Gasteiger partial charge in [-0.15, -0.1) is 0 Å². The predicted octanol–water partition coefficient (Wildman–Crippen LogP) is 6.93. The molecule has 2 aromatic carbocycles. The molecule has 11 heteroatoms. The number of hydrogen-bond donors (Lipinski definition) is 1. The summed E-state index contributed by atoms with van der Waals surface area (Å²) in [7, 11) is 2.69. The fourth-order valence-corrected chi connectivity index (χ4v) is 5.32. The zero-order valence-electron chi connectivity index (χ0n) is 22.0. The molecule has 1 aromatic heterocycles. The summed E-state index contributed by atoms with van der Waals surface area (Å²) in [5.74, 6) is -0.889. The van der Waals surface area contributed by atoms with E-state index in [2.05, 4.69) is 4.98 Å². The molecule has 0 radical (unpaired) electrons. The van der Waals surface area contributed by atoms with Crippen molar-refractivity contribution < 1.29 is 41.7 Å². The third-order valence-corrected chi connectivity index (χ3v) is 7.90. The molecule has 0 saturated heterocycles. The first-order valence-electron chi connectivity index (χ1n) is 12.5. The van der Waals surface area contributed by atoms with E-state index < -0.39 is 41.9 Å². The highest BCUT2D eigenvalue weighted by Crippen LogP contribution is 2.48. The second-order valence-corrected chi connectivity index (χ2v) is 10.8. The van der Waals surface area contributed by atoms with E-state index >= 15 is 0 Å². The van der Waals surface area contributed by atoms with Gasteiger partial charge in [-0.3, -0.25) is 4.79 Å². The Morgan fingerprint density at radius 3 is 2.45 bits per heavy atom. The van der Waals surface area contributed by atoms with Crippen LogP contribution >= 0.6 is 22.6 Å². The minimum atomic E-state index is -4.92. The van der Waals surface area contributed by atoms with Crippen molar-refractivity contribution in [3.63, 3.8) is 0 Å². The summed E-state index contributed by atoms with van der Waals surface area (Å²) < 4.78 is 73.7. The fraction of sp³-hybridized carbons (Fsp3) is 0.379. The molecule has 0 spiro atoms. The molecular weight excluding hydrogens is 645 g/mol. The summed E-state index contributed by atoms with van der Waals surface area (Å²) in [6.07, 6.45) is -4.43. The van der Waals surface area contributed by atoms with Crippen LogP contribution in [-0.4, -0.2) is 36.9 Å². The van der Waals surface area contributed by atoms with E-state index in [9.17, 15) is 27.5 Å². The van der Waals surface area contributed by atoms with Crippen molar-refractivity contribution in [2.45, 2.75) is 38.0 Å². The molecule has 1 fully saturated rings. The Labute approximate surface area is 242 Å². The number of aliphatic hydroxyl groups is 1. The number of aromatic nitrogens is 1. The molecule has 1 heterocycles. The maximum Gasteiger partial charge on any atom is 0.433 e. The fourth-order valence-electron chi connectivity index (χ4n) is 4.86. The standard InChI is InChI=1S/C29H28F4INO5/c1-15(28(37)39-3)26(16-4-5-16)17-6-10-22(34)24(12-17)40-25(14-36)19-8-11-23(35-27(19)29(31,32)33)20-13-18(38-2)7-9-21(20)30/h6-13,15-16,25-26,36H,4-5,14H2,1-3H3/t15?,25-,26?/m0/s1. The van der Waals surface area contributed by atoms with Gasteiger partial charge in [-0.1, -0.05) is 19.1 Å². The van der Waals surface area contributed by atoms with Gasteiger partial charge in [-0.2, -0.15) is 13.2 Å². The number of alkyl halides is 3.